The van der Waals surface area contributed by atoms with Gasteiger partial charge in [0.2, 0.25) is 29.5 Å². The van der Waals surface area contributed by atoms with E-state index in [4.69, 9.17) is 8.83 Å². The molecular formula is C39H47N9O7. The van der Waals surface area contributed by atoms with E-state index < -0.39 is 53.8 Å². The van der Waals surface area contributed by atoms with Crippen LogP contribution in [0.4, 0.5) is 0 Å². The number of aryl methyl sites for hydroxylation is 2. The van der Waals surface area contributed by atoms with Gasteiger partial charge in [-0.1, -0.05) is 44.2 Å². The molecule has 0 unspecified atom stereocenters. The molecule has 5 atom stereocenters. The van der Waals surface area contributed by atoms with Gasteiger partial charge in [-0.3, -0.25) is 29.1 Å². The third kappa shape index (κ3) is 8.63. The molecule has 4 aromatic rings. The van der Waals surface area contributed by atoms with Crippen LogP contribution < -0.4 is 21.3 Å². The molecule has 7 rings (SSSR count). The predicted octanol–water partition coefficient (Wildman–Crippen LogP) is 3.03. The molecular weight excluding hydrogens is 706 g/mol. The number of fused-ring (bicyclic) bond motifs is 6. The van der Waals surface area contributed by atoms with Crippen molar-refractivity contribution in [2.75, 3.05) is 6.54 Å². The number of oxazole rings is 2. The largest absolute Gasteiger partial charge is 0.446 e. The molecule has 0 spiro atoms. The van der Waals surface area contributed by atoms with E-state index in [1.165, 1.54) is 23.0 Å². The number of nitrogens with zero attached hydrogens (tertiary/aromatic N) is 4. The molecule has 16 heteroatoms. The number of aromatic nitrogens is 4. The Kier molecular flexibility index (Phi) is 11.1. The third-order valence-electron chi connectivity index (χ3n) is 10.4. The lowest BCUT2D eigenvalue weighted by molar-refractivity contribution is -0.126. The number of benzene rings is 1. The van der Waals surface area contributed by atoms with Crippen LogP contribution in [-0.4, -0.2) is 79.3 Å². The van der Waals surface area contributed by atoms with Gasteiger partial charge < -0.3 is 35.0 Å². The lowest BCUT2D eigenvalue weighted by atomic mass is 9.94. The van der Waals surface area contributed by atoms with Gasteiger partial charge in [-0.15, -0.1) is 0 Å². The minimum absolute atomic E-state index is 0.0402. The number of amides is 5. The smallest absolute Gasteiger partial charge is 0.276 e. The van der Waals surface area contributed by atoms with Crippen LogP contribution in [0.5, 0.6) is 0 Å². The first-order chi connectivity index (χ1) is 26.5. The van der Waals surface area contributed by atoms with Gasteiger partial charge in [-0.25, -0.2) is 9.97 Å². The van der Waals surface area contributed by atoms with Crippen molar-refractivity contribution < 1.29 is 32.8 Å². The van der Waals surface area contributed by atoms with Crippen LogP contribution in [-0.2, 0) is 40.1 Å². The molecule has 2 aliphatic heterocycles. The number of hydrogen-bond acceptors (Lipinski definition) is 10. The van der Waals surface area contributed by atoms with E-state index in [2.05, 4.69) is 41.4 Å². The van der Waals surface area contributed by atoms with E-state index in [0.29, 0.717) is 12.8 Å². The van der Waals surface area contributed by atoms with Gasteiger partial charge in [0, 0.05) is 37.5 Å². The Morgan fingerprint density at radius 1 is 0.927 bits per heavy atom. The molecule has 3 aliphatic rings. The zero-order valence-electron chi connectivity index (χ0n) is 31.2. The summed E-state index contributed by atoms with van der Waals surface area (Å²) >= 11 is 0. The molecule has 4 bridgehead atoms. The van der Waals surface area contributed by atoms with Crippen molar-refractivity contribution in [3.8, 4) is 0 Å². The molecule has 1 saturated heterocycles. The fraction of sp³-hybridized carbons (Fsp3) is 0.487. The topological polar surface area (TPSA) is 217 Å². The van der Waals surface area contributed by atoms with Gasteiger partial charge in [0.1, 0.15) is 36.7 Å². The maximum Gasteiger partial charge on any atom is 0.276 e. The van der Waals surface area contributed by atoms with Crippen LogP contribution in [0, 0.1) is 5.92 Å². The Hall–Kier alpha value is -5.80. The van der Waals surface area contributed by atoms with Crippen molar-refractivity contribution in [3.63, 3.8) is 0 Å². The highest BCUT2D eigenvalue weighted by molar-refractivity contribution is 5.97. The number of carbonyl (C=O) groups is 5. The quantitative estimate of drug-likeness (QED) is 0.177. The van der Waals surface area contributed by atoms with Crippen molar-refractivity contribution in [1.82, 2.24) is 46.3 Å². The zero-order valence-corrected chi connectivity index (χ0v) is 31.2. The van der Waals surface area contributed by atoms with Crippen LogP contribution in [0.25, 0.3) is 0 Å². The van der Waals surface area contributed by atoms with Crippen LogP contribution >= 0.6 is 0 Å². The summed E-state index contributed by atoms with van der Waals surface area (Å²) in [7, 11) is 0. The number of nitrogens with one attached hydrogen (secondary N) is 5. The van der Waals surface area contributed by atoms with Crippen LogP contribution in [0.15, 0.2) is 51.7 Å². The fourth-order valence-corrected chi connectivity index (χ4v) is 7.61. The Bertz CT molecular complexity index is 2040. The van der Waals surface area contributed by atoms with Crippen LogP contribution in [0.2, 0.25) is 0 Å². The normalized spacial score (nSPS) is 23.3. The summed E-state index contributed by atoms with van der Waals surface area (Å²) in [5.74, 6) is -2.17. The number of hydrogen-bond donors (Lipinski definition) is 5. The van der Waals surface area contributed by atoms with E-state index in [0.717, 1.165) is 42.6 Å². The van der Waals surface area contributed by atoms with Crippen LogP contribution in [0.1, 0.15) is 120 Å². The zero-order chi connectivity index (χ0) is 38.6. The molecule has 5 heterocycles. The number of rotatable bonds is 8. The first kappa shape index (κ1) is 37.5. The number of H-pyrrole nitrogens is 1. The third-order valence-corrected chi connectivity index (χ3v) is 10.4. The summed E-state index contributed by atoms with van der Waals surface area (Å²) in [5, 5.41) is 19.2. The van der Waals surface area contributed by atoms with Crippen molar-refractivity contribution in [2.24, 2.45) is 5.92 Å². The van der Waals surface area contributed by atoms with Crippen molar-refractivity contribution in [1.29, 1.82) is 0 Å². The Morgan fingerprint density at radius 2 is 1.67 bits per heavy atom. The number of carbonyl (C=O) groups excluding carboxylic acids is 5. The molecule has 1 aromatic carbocycles. The lowest BCUT2D eigenvalue weighted by Crippen LogP contribution is -2.48. The molecule has 16 nitrogen and oxygen atoms in total. The molecule has 0 radical (unpaired) electrons. The SMILES string of the molecule is CC(C)C[C@H]1NC(=O)c2coc(n2)[C@H](Cc2ccccc2)NC(=O)[C@@H]2C[C@H](NC(=O)CCc3n[nH]c4c3CCCC4)CN2C(=O)c2coc(n2)[C@@H](C)NC1=O. The van der Waals surface area contributed by atoms with Crippen LogP contribution in [0.3, 0.4) is 0 Å². The predicted molar refractivity (Wildman–Crippen MR) is 196 cm³/mol. The summed E-state index contributed by atoms with van der Waals surface area (Å²) < 4.78 is 11.5. The minimum atomic E-state index is -1.01. The van der Waals surface area contributed by atoms with Gasteiger partial charge in [-0.05, 0) is 62.5 Å². The fourth-order valence-electron chi connectivity index (χ4n) is 7.61. The molecule has 5 amide bonds. The summed E-state index contributed by atoms with van der Waals surface area (Å²) in [4.78, 5) is 78.9. The maximum absolute atomic E-state index is 14.3. The highest BCUT2D eigenvalue weighted by Crippen LogP contribution is 2.27. The van der Waals surface area contributed by atoms with Gasteiger partial charge in [0.15, 0.2) is 11.4 Å². The van der Waals surface area contributed by atoms with Gasteiger partial charge >= 0.3 is 0 Å². The number of aromatic amines is 1. The standard InChI is InChI=1S/C39H47N9O7/c1-21(2)15-28-34(50)40-22(3)37-45-31(20-54-37)39(53)48-18-24(41-33(49)14-13-27-25-11-7-8-12-26(25)46-47-27)17-32(48)36(52)43-29(16-23-9-5-4-6-10-23)38-44-30(19-55-38)35(51)42-28/h4-6,9-10,19-22,24,28-29,32H,7-8,11-18H2,1-3H3,(H,40,50)(H,41,49)(H,42,51)(H,43,52)(H,46,47)/t22-,24+,28-,29+,32+/m1/s1. The summed E-state index contributed by atoms with van der Waals surface area (Å²) in [6, 6.07) is 5.31. The van der Waals surface area contributed by atoms with E-state index in [-0.39, 0.29) is 60.8 Å². The summed E-state index contributed by atoms with van der Waals surface area (Å²) in [5.41, 5.74) is 3.99. The van der Waals surface area contributed by atoms with Crippen molar-refractivity contribution >= 4 is 29.5 Å². The van der Waals surface area contributed by atoms with E-state index in [9.17, 15) is 24.0 Å². The molecule has 0 saturated carbocycles. The van der Waals surface area contributed by atoms with E-state index in [1.54, 1.807) is 6.92 Å². The average molecular weight is 754 g/mol. The molecule has 5 N–H and O–H groups in total. The van der Waals surface area contributed by atoms with Crippen molar-refractivity contribution in [3.05, 3.63) is 88.5 Å². The minimum Gasteiger partial charge on any atom is -0.446 e. The highest BCUT2D eigenvalue weighted by Gasteiger charge is 2.42. The molecule has 290 valence electrons. The van der Waals surface area contributed by atoms with E-state index in [1.807, 2.05) is 44.2 Å². The second kappa shape index (κ2) is 16.3. The Labute approximate surface area is 318 Å². The van der Waals surface area contributed by atoms with E-state index >= 15 is 0 Å². The average Bonchev–Trinajstić information content (AvgIpc) is 3.99. The lowest BCUT2D eigenvalue weighted by Gasteiger charge is -2.25. The van der Waals surface area contributed by atoms with Gasteiger partial charge in [-0.2, -0.15) is 5.10 Å². The first-order valence-corrected chi connectivity index (χ1v) is 19.0. The summed E-state index contributed by atoms with van der Waals surface area (Å²) in [6.07, 6.45) is 7.90. The first-order valence-electron chi connectivity index (χ1n) is 19.0. The Balaban J connectivity index is 1.16. The Morgan fingerprint density at radius 3 is 2.47 bits per heavy atom. The van der Waals surface area contributed by atoms with Gasteiger partial charge in [0.25, 0.3) is 11.8 Å². The van der Waals surface area contributed by atoms with Gasteiger partial charge in [0.05, 0.1) is 5.69 Å². The molecule has 55 heavy (non-hydrogen) atoms. The van der Waals surface area contributed by atoms with Crippen molar-refractivity contribution in [2.45, 2.75) is 109 Å². The maximum atomic E-state index is 14.3. The highest BCUT2D eigenvalue weighted by atomic mass is 16.3. The molecule has 1 fully saturated rings. The second-order valence-corrected chi connectivity index (χ2v) is 15.1. The molecule has 1 aliphatic carbocycles. The summed E-state index contributed by atoms with van der Waals surface area (Å²) in [6.45, 7) is 5.55. The monoisotopic (exact) mass is 753 g/mol. The second-order valence-electron chi connectivity index (χ2n) is 15.1. The molecule has 3 aromatic heterocycles.